The van der Waals surface area contributed by atoms with E-state index < -0.39 is 5.97 Å². The van der Waals surface area contributed by atoms with Crippen molar-refractivity contribution in [2.75, 3.05) is 11.9 Å². The smallest absolute Gasteiger partial charge is 0.358 e. The quantitative estimate of drug-likeness (QED) is 0.876. The van der Waals surface area contributed by atoms with Gasteiger partial charge in [-0.15, -0.1) is 5.10 Å². The summed E-state index contributed by atoms with van der Waals surface area (Å²) in [5.41, 5.74) is 1.90. The molecule has 0 spiro atoms. The van der Waals surface area contributed by atoms with Gasteiger partial charge in [-0.3, -0.25) is 0 Å². The first-order valence-electron chi connectivity index (χ1n) is 5.70. The first kappa shape index (κ1) is 13.4. The molecule has 0 aliphatic rings. The van der Waals surface area contributed by atoms with Gasteiger partial charge in [0.05, 0.1) is 23.5 Å². The number of benzene rings is 1. The minimum Gasteiger partial charge on any atom is -0.476 e. The van der Waals surface area contributed by atoms with Crippen LogP contribution in [0.25, 0.3) is 0 Å². The van der Waals surface area contributed by atoms with E-state index in [0.717, 1.165) is 11.3 Å². The Kier molecular flexibility index (Phi) is 4.01. The molecule has 19 heavy (non-hydrogen) atoms. The van der Waals surface area contributed by atoms with Gasteiger partial charge >= 0.3 is 5.97 Å². The van der Waals surface area contributed by atoms with Crippen LogP contribution in [0.5, 0.6) is 0 Å². The number of anilines is 1. The van der Waals surface area contributed by atoms with Crippen LogP contribution in [0.4, 0.5) is 5.69 Å². The van der Waals surface area contributed by atoms with E-state index in [1.807, 2.05) is 25.1 Å². The van der Waals surface area contributed by atoms with Crippen molar-refractivity contribution in [3.63, 3.8) is 0 Å². The SMILES string of the molecule is Cc1ccc(Cl)c(NCCn2cc(C(=O)O)nn2)c1. The third-order valence-electron chi connectivity index (χ3n) is 2.54. The van der Waals surface area contributed by atoms with Crippen LogP contribution >= 0.6 is 11.6 Å². The summed E-state index contributed by atoms with van der Waals surface area (Å²) in [6, 6.07) is 5.72. The molecule has 100 valence electrons. The topological polar surface area (TPSA) is 80.0 Å². The Morgan fingerprint density at radius 3 is 3.00 bits per heavy atom. The van der Waals surface area contributed by atoms with Gasteiger partial charge in [-0.1, -0.05) is 22.9 Å². The van der Waals surface area contributed by atoms with Gasteiger partial charge in [-0.05, 0) is 24.6 Å². The zero-order valence-corrected chi connectivity index (χ0v) is 11.1. The second-order valence-electron chi connectivity index (χ2n) is 4.08. The number of hydrogen-bond donors (Lipinski definition) is 2. The number of hydrogen-bond acceptors (Lipinski definition) is 4. The summed E-state index contributed by atoms with van der Waals surface area (Å²) in [5.74, 6) is -1.08. The Labute approximate surface area is 115 Å². The molecule has 2 aromatic rings. The van der Waals surface area contributed by atoms with E-state index in [0.29, 0.717) is 18.1 Å². The fourth-order valence-electron chi connectivity index (χ4n) is 1.59. The van der Waals surface area contributed by atoms with Gasteiger partial charge in [-0.25, -0.2) is 9.48 Å². The Morgan fingerprint density at radius 2 is 2.32 bits per heavy atom. The molecule has 0 amide bonds. The van der Waals surface area contributed by atoms with Crippen molar-refractivity contribution in [1.29, 1.82) is 0 Å². The minimum absolute atomic E-state index is 0.0615. The lowest BCUT2D eigenvalue weighted by molar-refractivity contribution is 0.0690. The molecule has 0 atom stereocenters. The van der Waals surface area contributed by atoms with Crippen LogP contribution in [0.15, 0.2) is 24.4 Å². The van der Waals surface area contributed by atoms with Crippen LogP contribution < -0.4 is 5.32 Å². The van der Waals surface area contributed by atoms with E-state index in [2.05, 4.69) is 15.6 Å². The Balaban J connectivity index is 1.92. The number of nitrogens with one attached hydrogen (secondary N) is 1. The molecule has 1 heterocycles. The summed E-state index contributed by atoms with van der Waals surface area (Å²) in [6.45, 7) is 3.06. The van der Waals surface area contributed by atoms with Crippen molar-refractivity contribution in [2.24, 2.45) is 0 Å². The van der Waals surface area contributed by atoms with Crippen molar-refractivity contribution in [3.8, 4) is 0 Å². The number of aromatic carboxylic acids is 1. The highest BCUT2D eigenvalue weighted by Gasteiger charge is 2.07. The Hall–Kier alpha value is -2.08. The van der Waals surface area contributed by atoms with Crippen LogP contribution in [0.1, 0.15) is 16.1 Å². The van der Waals surface area contributed by atoms with E-state index in [-0.39, 0.29) is 5.69 Å². The molecular formula is C12H13ClN4O2. The van der Waals surface area contributed by atoms with Crippen LogP contribution in [0.2, 0.25) is 5.02 Å². The molecule has 0 saturated carbocycles. The summed E-state index contributed by atoms with van der Waals surface area (Å²) >= 11 is 6.05. The lowest BCUT2D eigenvalue weighted by atomic mass is 10.2. The summed E-state index contributed by atoms with van der Waals surface area (Å²) in [7, 11) is 0. The van der Waals surface area contributed by atoms with Crippen molar-refractivity contribution >= 4 is 23.3 Å². The normalized spacial score (nSPS) is 10.4. The lowest BCUT2D eigenvalue weighted by Crippen LogP contribution is -2.11. The minimum atomic E-state index is -1.08. The lowest BCUT2D eigenvalue weighted by Gasteiger charge is -2.08. The fourth-order valence-corrected chi connectivity index (χ4v) is 1.77. The summed E-state index contributed by atoms with van der Waals surface area (Å²) < 4.78 is 1.47. The largest absolute Gasteiger partial charge is 0.476 e. The predicted octanol–water partition coefficient (Wildman–Crippen LogP) is 2.05. The highest BCUT2D eigenvalue weighted by molar-refractivity contribution is 6.33. The van der Waals surface area contributed by atoms with Gasteiger partial charge in [0.1, 0.15) is 0 Å². The maximum atomic E-state index is 10.6. The standard InChI is InChI=1S/C12H13ClN4O2/c1-8-2-3-9(13)10(6-8)14-4-5-17-7-11(12(18)19)15-16-17/h2-3,6-7,14H,4-5H2,1H3,(H,18,19). The number of halogens is 1. The van der Waals surface area contributed by atoms with E-state index in [9.17, 15) is 4.79 Å². The van der Waals surface area contributed by atoms with Gasteiger partial charge in [-0.2, -0.15) is 0 Å². The number of carbonyl (C=O) groups is 1. The number of aryl methyl sites for hydroxylation is 1. The molecule has 1 aromatic carbocycles. The van der Waals surface area contributed by atoms with Crippen molar-refractivity contribution < 1.29 is 9.90 Å². The van der Waals surface area contributed by atoms with Gasteiger partial charge < -0.3 is 10.4 Å². The molecular weight excluding hydrogens is 268 g/mol. The number of nitrogens with zero attached hydrogens (tertiary/aromatic N) is 3. The molecule has 6 nitrogen and oxygen atoms in total. The van der Waals surface area contributed by atoms with Crippen LogP contribution in [0.3, 0.4) is 0 Å². The van der Waals surface area contributed by atoms with Gasteiger partial charge in [0.2, 0.25) is 0 Å². The maximum absolute atomic E-state index is 10.6. The van der Waals surface area contributed by atoms with E-state index >= 15 is 0 Å². The van der Waals surface area contributed by atoms with Crippen LogP contribution in [0, 0.1) is 6.92 Å². The maximum Gasteiger partial charge on any atom is 0.358 e. The van der Waals surface area contributed by atoms with Crippen molar-refractivity contribution in [1.82, 2.24) is 15.0 Å². The summed E-state index contributed by atoms with van der Waals surface area (Å²) in [5, 5.41) is 19.8. The number of aromatic nitrogens is 3. The molecule has 7 heteroatoms. The number of carboxylic acid groups (broad SMARTS) is 1. The molecule has 0 bridgehead atoms. The van der Waals surface area contributed by atoms with E-state index in [1.54, 1.807) is 0 Å². The summed E-state index contributed by atoms with van der Waals surface area (Å²) in [6.07, 6.45) is 1.39. The third kappa shape index (κ3) is 3.45. The second-order valence-corrected chi connectivity index (χ2v) is 4.49. The Bertz CT molecular complexity index is 597. The van der Waals surface area contributed by atoms with Crippen molar-refractivity contribution in [3.05, 3.63) is 40.7 Å². The zero-order valence-electron chi connectivity index (χ0n) is 10.3. The second kappa shape index (κ2) is 5.71. The van der Waals surface area contributed by atoms with Crippen LogP contribution in [-0.4, -0.2) is 32.6 Å². The third-order valence-corrected chi connectivity index (χ3v) is 2.87. The number of carboxylic acids is 1. The highest BCUT2D eigenvalue weighted by Crippen LogP contribution is 2.22. The molecule has 2 N–H and O–H groups in total. The Morgan fingerprint density at radius 1 is 1.53 bits per heavy atom. The highest BCUT2D eigenvalue weighted by atomic mass is 35.5. The first-order chi connectivity index (χ1) is 9.06. The van der Waals surface area contributed by atoms with Crippen LogP contribution in [-0.2, 0) is 6.54 Å². The fraction of sp³-hybridized carbons (Fsp3) is 0.250. The molecule has 0 aliphatic carbocycles. The molecule has 1 aromatic heterocycles. The molecule has 0 saturated heterocycles. The average molecular weight is 281 g/mol. The van der Waals surface area contributed by atoms with Crippen molar-refractivity contribution in [2.45, 2.75) is 13.5 Å². The van der Waals surface area contributed by atoms with E-state index in [4.69, 9.17) is 16.7 Å². The van der Waals surface area contributed by atoms with Gasteiger partial charge in [0, 0.05) is 6.54 Å². The van der Waals surface area contributed by atoms with E-state index in [1.165, 1.54) is 10.9 Å². The number of rotatable bonds is 5. The first-order valence-corrected chi connectivity index (χ1v) is 6.07. The zero-order chi connectivity index (χ0) is 13.8. The average Bonchev–Trinajstić information content (AvgIpc) is 2.82. The molecule has 2 rings (SSSR count). The molecule has 0 fully saturated rings. The van der Waals surface area contributed by atoms with Gasteiger partial charge in [0.15, 0.2) is 5.69 Å². The monoisotopic (exact) mass is 280 g/mol. The predicted molar refractivity (Wildman–Crippen MR) is 71.7 cm³/mol. The molecule has 0 radical (unpaired) electrons. The molecule has 0 unspecified atom stereocenters. The van der Waals surface area contributed by atoms with Gasteiger partial charge in [0.25, 0.3) is 0 Å². The molecule has 0 aliphatic heterocycles. The summed E-state index contributed by atoms with van der Waals surface area (Å²) in [4.78, 5) is 10.6.